The van der Waals surface area contributed by atoms with Crippen LogP contribution in [-0.4, -0.2) is 29.3 Å². The van der Waals surface area contributed by atoms with Gasteiger partial charge in [-0.05, 0) is 44.7 Å². The van der Waals surface area contributed by atoms with Crippen molar-refractivity contribution in [3.8, 4) is 0 Å². The highest BCUT2D eigenvalue weighted by atomic mass is 16.3. The van der Waals surface area contributed by atoms with E-state index in [2.05, 4.69) is 22.0 Å². The third-order valence-corrected chi connectivity index (χ3v) is 3.48. The standard InChI is InChI=1S/C13H20N2O/c1-10-3-4-13(9-14-10)15-7-5-12(6-8-15)11(2)16/h3-4,9,11-12,16H,5-8H2,1-2H3. The van der Waals surface area contributed by atoms with E-state index in [9.17, 15) is 5.11 Å². The van der Waals surface area contributed by atoms with Crippen LogP contribution in [0.1, 0.15) is 25.5 Å². The summed E-state index contributed by atoms with van der Waals surface area (Å²) in [6.45, 7) is 5.96. The van der Waals surface area contributed by atoms with Gasteiger partial charge in [0, 0.05) is 18.8 Å². The van der Waals surface area contributed by atoms with Crippen molar-refractivity contribution in [1.82, 2.24) is 4.98 Å². The van der Waals surface area contributed by atoms with Crippen molar-refractivity contribution in [1.29, 1.82) is 0 Å². The first kappa shape index (κ1) is 11.4. The van der Waals surface area contributed by atoms with Gasteiger partial charge in [-0.3, -0.25) is 4.98 Å². The minimum atomic E-state index is -0.168. The zero-order valence-corrected chi connectivity index (χ0v) is 10.1. The third kappa shape index (κ3) is 2.53. The van der Waals surface area contributed by atoms with Gasteiger partial charge in [-0.1, -0.05) is 0 Å². The van der Waals surface area contributed by atoms with Gasteiger partial charge in [0.15, 0.2) is 0 Å². The normalized spacial score (nSPS) is 19.8. The summed E-state index contributed by atoms with van der Waals surface area (Å²) in [6, 6.07) is 4.18. The number of pyridine rings is 1. The average molecular weight is 220 g/mol. The van der Waals surface area contributed by atoms with E-state index in [0.29, 0.717) is 5.92 Å². The quantitative estimate of drug-likeness (QED) is 0.828. The lowest BCUT2D eigenvalue weighted by Gasteiger charge is -2.34. The number of aliphatic hydroxyl groups is 1. The van der Waals surface area contributed by atoms with Gasteiger partial charge in [0.2, 0.25) is 0 Å². The van der Waals surface area contributed by atoms with Gasteiger partial charge in [-0.25, -0.2) is 0 Å². The van der Waals surface area contributed by atoms with Crippen LogP contribution in [0.3, 0.4) is 0 Å². The second-order valence-electron chi connectivity index (χ2n) is 4.72. The first-order valence-corrected chi connectivity index (χ1v) is 6.02. The highest BCUT2D eigenvalue weighted by molar-refractivity contribution is 5.44. The summed E-state index contributed by atoms with van der Waals surface area (Å²) in [6.07, 6.45) is 3.92. The van der Waals surface area contributed by atoms with Gasteiger partial charge in [-0.2, -0.15) is 0 Å². The number of hydrogen-bond donors (Lipinski definition) is 1. The monoisotopic (exact) mass is 220 g/mol. The summed E-state index contributed by atoms with van der Waals surface area (Å²) in [5.74, 6) is 0.467. The number of hydrogen-bond acceptors (Lipinski definition) is 3. The van der Waals surface area contributed by atoms with Gasteiger partial charge in [0.25, 0.3) is 0 Å². The van der Waals surface area contributed by atoms with Crippen molar-refractivity contribution in [2.75, 3.05) is 18.0 Å². The number of anilines is 1. The molecule has 3 heteroatoms. The summed E-state index contributed by atoms with van der Waals surface area (Å²) in [5, 5.41) is 9.54. The zero-order valence-electron chi connectivity index (χ0n) is 10.1. The largest absolute Gasteiger partial charge is 0.393 e. The molecule has 1 aromatic heterocycles. The van der Waals surface area contributed by atoms with E-state index >= 15 is 0 Å². The molecule has 1 fully saturated rings. The molecule has 1 aliphatic rings. The van der Waals surface area contributed by atoms with Crippen LogP contribution in [0.4, 0.5) is 5.69 Å². The van der Waals surface area contributed by atoms with Crippen molar-refractivity contribution in [2.45, 2.75) is 32.8 Å². The molecule has 3 nitrogen and oxygen atoms in total. The maximum absolute atomic E-state index is 9.54. The minimum Gasteiger partial charge on any atom is -0.393 e. The molecular formula is C13H20N2O. The molecule has 88 valence electrons. The van der Waals surface area contributed by atoms with Crippen molar-refractivity contribution < 1.29 is 5.11 Å². The topological polar surface area (TPSA) is 36.4 Å². The van der Waals surface area contributed by atoms with Gasteiger partial charge in [0.1, 0.15) is 0 Å². The summed E-state index contributed by atoms with van der Waals surface area (Å²) in [7, 11) is 0. The first-order valence-electron chi connectivity index (χ1n) is 6.02. The molecular weight excluding hydrogens is 200 g/mol. The molecule has 16 heavy (non-hydrogen) atoms. The predicted octanol–water partition coefficient (Wildman–Crippen LogP) is 1.99. The summed E-state index contributed by atoms with van der Waals surface area (Å²) >= 11 is 0. The molecule has 0 bridgehead atoms. The molecule has 1 aromatic rings. The van der Waals surface area contributed by atoms with Crippen molar-refractivity contribution >= 4 is 5.69 Å². The summed E-state index contributed by atoms with van der Waals surface area (Å²) in [5.41, 5.74) is 2.26. The molecule has 1 N–H and O–H groups in total. The third-order valence-electron chi connectivity index (χ3n) is 3.48. The molecule has 0 spiro atoms. The zero-order chi connectivity index (χ0) is 11.5. The number of aliphatic hydroxyl groups excluding tert-OH is 1. The Hall–Kier alpha value is -1.09. The maximum Gasteiger partial charge on any atom is 0.0552 e. The average Bonchev–Trinajstić information content (AvgIpc) is 2.30. The second kappa shape index (κ2) is 4.83. The first-order chi connectivity index (χ1) is 7.66. The van der Waals surface area contributed by atoms with E-state index < -0.39 is 0 Å². The molecule has 0 aliphatic carbocycles. The van der Waals surface area contributed by atoms with E-state index in [1.807, 2.05) is 20.0 Å². The van der Waals surface area contributed by atoms with E-state index in [1.54, 1.807) is 0 Å². The number of nitrogens with zero attached hydrogens (tertiary/aromatic N) is 2. The van der Waals surface area contributed by atoms with Crippen molar-refractivity contribution in [3.63, 3.8) is 0 Å². The molecule has 1 saturated heterocycles. The fourth-order valence-electron chi connectivity index (χ4n) is 2.29. The second-order valence-corrected chi connectivity index (χ2v) is 4.72. The van der Waals surface area contributed by atoms with E-state index in [0.717, 1.165) is 31.6 Å². The van der Waals surface area contributed by atoms with E-state index in [4.69, 9.17) is 0 Å². The molecule has 1 atom stereocenters. The van der Waals surface area contributed by atoms with Gasteiger partial charge in [-0.15, -0.1) is 0 Å². The van der Waals surface area contributed by atoms with Crippen LogP contribution >= 0.6 is 0 Å². The van der Waals surface area contributed by atoms with Crippen molar-refractivity contribution in [2.24, 2.45) is 5.92 Å². The van der Waals surface area contributed by atoms with E-state index in [-0.39, 0.29) is 6.10 Å². The Morgan fingerprint density at radius 1 is 1.38 bits per heavy atom. The van der Waals surface area contributed by atoms with E-state index in [1.165, 1.54) is 5.69 Å². The molecule has 1 aliphatic heterocycles. The highest BCUT2D eigenvalue weighted by Gasteiger charge is 2.22. The lowest BCUT2D eigenvalue weighted by molar-refractivity contribution is 0.110. The SMILES string of the molecule is Cc1ccc(N2CCC(C(C)O)CC2)cn1. The van der Waals surface area contributed by atoms with Crippen LogP contribution in [0.25, 0.3) is 0 Å². The number of rotatable bonds is 2. The van der Waals surface area contributed by atoms with Crippen LogP contribution in [0, 0.1) is 12.8 Å². The van der Waals surface area contributed by atoms with Gasteiger partial charge >= 0.3 is 0 Å². The Kier molecular flexibility index (Phi) is 3.44. The van der Waals surface area contributed by atoms with Gasteiger partial charge < -0.3 is 10.0 Å². The fourth-order valence-corrected chi connectivity index (χ4v) is 2.29. The smallest absolute Gasteiger partial charge is 0.0552 e. The Morgan fingerprint density at radius 3 is 2.56 bits per heavy atom. The summed E-state index contributed by atoms with van der Waals surface area (Å²) in [4.78, 5) is 6.67. The van der Waals surface area contributed by atoms with Crippen LogP contribution in [0.15, 0.2) is 18.3 Å². The molecule has 1 unspecified atom stereocenters. The Labute approximate surface area is 97.1 Å². The Balaban J connectivity index is 1.96. The molecule has 0 amide bonds. The molecule has 2 heterocycles. The minimum absolute atomic E-state index is 0.168. The van der Waals surface area contributed by atoms with Gasteiger partial charge in [0.05, 0.1) is 18.0 Å². The van der Waals surface area contributed by atoms with Crippen LogP contribution in [0.2, 0.25) is 0 Å². The molecule has 0 saturated carbocycles. The Morgan fingerprint density at radius 2 is 2.06 bits per heavy atom. The Bertz CT molecular complexity index is 326. The maximum atomic E-state index is 9.54. The lowest BCUT2D eigenvalue weighted by atomic mass is 9.92. The van der Waals surface area contributed by atoms with Crippen LogP contribution in [-0.2, 0) is 0 Å². The van der Waals surface area contributed by atoms with Crippen LogP contribution < -0.4 is 4.90 Å². The van der Waals surface area contributed by atoms with Crippen molar-refractivity contribution in [3.05, 3.63) is 24.0 Å². The number of aryl methyl sites for hydroxylation is 1. The molecule has 2 rings (SSSR count). The fraction of sp³-hybridized carbons (Fsp3) is 0.615. The number of piperidine rings is 1. The van der Waals surface area contributed by atoms with Crippen LogP contribution in [0.5, 0.6) is 0 Å². The summed E-state index contributed by atoms with van der Waals surface area (Å²) < 4.78 is 0. The lowest BCUT2D eigenvalue weighted by Crippen LogP contribution is -2.37. The highest BCUT2D eigenvalue weighted by Crippen LogP contribution is 2.24. The molecule has 0 radical (unpaired) electrons. The predicted molar refractivity (Wildman–Crippen MR) is 65.6 cm³/mol. The molecule has 0 aromatic carbocycles. The number of aromatic nitrogens is 1.